The zero-order chi connectivity index (χ0) is 11.4. The Hall–Kier alpha value is -1.14. The van der Waals surface area contributed by atoms with Gasteiger partial charge in [0.1, 0.15) is 0 Å². The molecular formula is C10H18N4O2. The Bertz CT molecular complexity index is 328. The summed E-state index contributed by atoms with van der Waals surface area (Å²) in [6, 6.07) is 0.587. The zero-order valence-electron chi connectivity index (χ0n) is 9.30. The Labute approximate surface area is 94.4 Å². The summed E-state index contributed by atoms with van der Waals surface area (Å²) >= 11 is 0. The number of hydrogen-bond donors (Lipinski definition) is 2. The third-order valence-corrected chi connectivity index (χ3v) is 2.91. The summed E-state index contributed by atoms with van der Waals surface area (Å²) in [6.45, 7) is 2.59. The predicted octanol–water partition coefficient (Wildman–Crippen LogP) is -0.221. The van der Waals surface area contributed by atoms with Gasteiger partial charge in [-0.2, -0.15) is 0 Å². The highest BCUT2D eigenvalue weighted by Crippen LogP contribution is 2.24. The van der Waals surface area contributed by atoms with Crippen LogP contribution in [0.3, 0.4) is 0 Å². The number of nitrogens with zero attached hydrogens (tertiary/aromatic N) is 3. The van der Waals surface area contributed by atoms with Crippen LogP contribution in [0.25, 0.3) is 0 Å². The van der Waals surface area contributed by atoms with E-state index in [-0.39, 0.29) is 6.61 Å². The third kappa shape index (κ3) is 2.51. The molecule has 1 unspecified atom stereocenters. The van der Waals surface area contributed by atoms with E-state index in [9.17, 15) is 0 Å². The molecule has 0 aromatic carbocycles. The van der Waals surface area contributed by atoms with E-state index >= 15 is 0 Å². The molecule has 1 aliphatic rings. The first-order valence-electron chi connectivity index (χ1n) is 5.71. The van der Waals surface area contributed by atoms with Gasteiger partial charge in [-0.3, -0.25) is 0 Å². The predicted molar refractivity (Wildman–Crippen MR) is 59.1 cm³/mol. The number of nitrogens with two attached hydrogens (primary N) is 1. The molecule has 6 nitrogen and oxygen atoms in total. The second kappa shape index (κ2) is 5.27. The molecule has 90 valence electrons. The van der Waals surface area contributed by atoms with Gasteiger partial charge in [0.25, 0.3) is 0 Å². The maximum Gasteiger partial charge on any atom is 0.318 e. The molecule has 1 fully saturated rings. The Morgan fingerprint density at radius 3 is 3.12 bits per heavy atom. The lowest BCUT2D eigenvalue weighted by Gasteiger charge is -2.12. The van der Waals surface area contributed by atoms with E-state index in [2.05, 4.69) is 15.1 Å². The Morgan fingerprint density at radius 1 is 1.50 bits per heavy atom. The third-order valence-electron chi connectivity index (χ3n) is 2.91. The van der Waals surface area contributed by atoms with Crippen molar-refractivity contribution in [2.45, 2.75) is 19.3 Å². The molecule has 0 spiro atoms. The van der Waals surface area contributed by atoms with Crippen molar-refractivity contribution < 1.29 is 9.52 Å². The summed E-state index contributed by atoms with van der Waals surface area (Å²) in [6.07, 6.45) is 2.55. The number of aliphatic hydroxyl groups is 1. The van der Waals surface area contributed by atoms with Crippen molar-refractivity contribution in [3.8, 4) is 0 Å². The van der Waals surface area contributed by atoms with E-state index < -0.39 is 0 Å². The van der Waals surface area contributed by atoms with Crippen molar-refractivity contribution in [1.82, 2.24) is 10.2 Å². The molecule has 1 atom stereocenters. The van der Waals surface area contributed by atoms with Crippen LogP contribution in [0.15, 0.2) is 4.42 Å². The summed E-state index contributed by atoms with van der Waals surface area (Å²) in [5, 5.41) is 16.8. The summed E-state index contributed by atoms with van der Waals surface area (Å²) in [7, 11) is 0. The maximum atomic E-state index is 8.87. The van der Waals surface area contributed by atoms with Gasteiger partial charge in [-0.05, 0) is 18.8 Å². The first-order valence-corrected chi connectivity index (χ1v) is 5.71. The molecule has 0 radical (unpaired) electrons. The number of hydrogen-bond acceptors (Lipinski definition) is 6. The van der Waals surface area contributed by atoms with Gasteiger partial charge in [-0.25, -0.2) is 0 Å². The van der Waals surface area contributed by atoms with Gasteiger partial charge in [0.15, 0.2) is 0 Å². The van der Waals surface area contributed by atoms with E-state index in [1.807, 2.05) is 0 Å². The average Bonchev–Trinajstić information content (AvgIpc) is 2.87. The van der Waals surface area contributed by atoms with Crippen LogP contribution in [0, 0.1) is 5.92 Å². The average molecular weight is 226 g/mol. The molecule has 2 heterocycles. The maximum absolute atomic E-state index is 8.87. The van der Waals surface area contributed by atoms with E-state index in [1.54, 1.807) is 0 Å². The van der Waals surface area contributed by atoms with Gasteiger partial charge < -0.3 is 20.2 Å². The number of rotatable bonds is 5. The number of anilines is 1. The molecular weight excluding hydrogens is 208 g/mol. The summed E-state index contributed by atoms with van der Waals surface area (Å²) in [5.74, 6) is 1.14. The van der Waals surface area contributed by atoms with Crippen LogP contribution in [0.2, 0.25) is 0 Å². The molecule has 1 aromatic rings. The zero-order valence-corrected chi connectivity index (χ0v) is 9.30. The van der Waals surface area contributed by atoms with Crippen LogP contribution in [0.1, 0.15) is 18.7 Å². The molecule has 16 heavy (non-hydrogen) atoms. The molecule has 3 N–H and O–H groups in total. The Morgan fingerprint density at radius 2 is 2.38 bits per heavy atom. The quantitative estimate of drug-likeness (QED) is 0.721. The first-order chi connectivity index (χ1) is 7.83. The molecule has 2 rings (SSSR count). The molecule has 1 saturated heterocycles. The van der Waals surface area contributed by atoms with Crippen LogP contribution in [0.4, 0.5) is 6.01 Å². The van der Waals surface area contributed by atoms with E-state index in [0.717, 1.165) is 25.9 Å². The van der Waals surface area contributed by atoms with Crippen molar-refractivity contribution in [3.63, 3.8) is 0 Å². The fourth-order valence-electron chi connectivity index (χ4n) is 2.02. The van der Waals surface area contributed by atoms with Gasteiger partial charge >= 0.3 is 6.01 Å². The molecule has 1 aliphatic heterocycles. The van der Waals surface area contributed by atoms with Crippen LogP contribution < -0.4 is 10.6 Å². The van der Waals surface area contributed by atoms with Crippen molar-refractivity contribution in [3.05, 3.63) is 5.89 Å². The minimum Gasteiger partial charge on any atom is -0.408 e. The normalized spacial score (nSPS) is 20.6. The van der Waals surface area contributed by atoms with Gasteiger partial charge in [0, 0.05) is 32.7 Å². The van der Waals surface area contributed by atoms with E-state index in [0.29, 0.717) is 30.8 Å². The molecule has 1 aromatic heterocycles. The van der Waals surface area contributed by atoms with Crippen LogP contribution >= 0.6 is 0 Å². The smallest absolute Gasteiger partial charge is 0.318 e. The topological polar surface area (TPSA) is 88.4 Å². The van der Waals surface area contributed by atoms with Crippen molar-refractivity contribution in [2.24, 2.45) is 11.7 Å². The van der Waals surface area contributed by atoms with Crippen LogP contribution in [0.5, 0.6) is 0 Å². The lowest BCUT2D eigenvalue weighted by Crippen LogP contribution is -2.20. The first kappa shape index (κ1) is 11.3. The highest BCUT2D eigenvalue weighted by atomic mass is 16.4. The van der Waals surface area contributed by atoms with E-state index in [1.165, 1.54) is 0 Å². The Balaban J connectivity index is 1.92. The number of aromatic nitrogens is 2. The van der Waals surface area contributed by atoms with Crippen molar-refractivity contribution in [1.29, 1.82) is 0 Å². The van der Waals surface area contributed by atoms with Crippen molar-refractivity contribution >= 4 is 6.01 Å². The minimum absolute atomic E-state index is 0.251. The van der Waals surface area contributed by atoms with Crippen LogP contribution in [-0.4, -0.2) is 41.5 Å². The molecule has 0 bridgehead atoms. The highest BCUT2D eigenvalue weighted by molar-refractivity contribution is 5.26. The summed E-state index contributed by atoms with van der Waals surface area (Å²) < 4.78 is 5.50. The molecule has 0 saturated carbocycles. The molecule has 0 amide bonds. The standard InChI is InChI=1S/C10H18N4O2/c11-4-1-9-12-13-10(16-9)14-5-2-8(7-14)3-6-15/h8,15H,1-7,11H2. The minimum atomic E-state index is 0.251. The summed E-state index contributed by atoms with van der Waals surface area (Å²) in [4.78, 5) is 2.08. The monoisotopic (exact) mass is 226 g/mol. The Kier molecular flexibility index (Phi) is 3.74. The second-order valence-corrected chi connectivity index (χ2v) is 4.13. The van der Waals surface area contributed by atoms with E-state index in [4.69, 9.17) is 15.3 Å². The van der Waals surface area contributed by atoms with Gasteiger partial charge in [-0.15, -0.1) is 5.10 Å². The lowest BCUT2D eigenvalue weighted by molar-refractivity contribution is 0.263. The number of aliphatic hydroxyl groups excluding tert-OH is 1. The second-order valence-electron chi connectivity index (χ2n) is 4.13. The van der Waals surface area contributed by atoms with Gasteiger partial charge in [0.2, 0.25) is 5.89 Å². The lowest BCUT2D eigenvalue weighted by atomic mass is 10.1. The largest absolute Gasteiger partial charge is 0.408 e. The summed E-state index contributed by atoms with van der Waals surface area (Å²) in [5.41, 5.74) is 5.42. The highest BCUT2D eigenvalue weighted by Gasteiger charge is 2.25. The van der Waals surface area contributed by atoms with Crippen molar-refractivity contribution in [2.75, 3.05) is 31.1 Å². The van der Waals surface area contributed by atoms with Gasteiger partial charge in [-0.1, -0.05) is 5.10 Å². The van der Waals surface area contributed by atoms with Crippen LogP contribution in [-0.2, 0) is 6.42 Å². The van der Waals surface area contributed by atoms with Gasteiger partial charge in [0.05, 0.1) is 0 Å². The fourth-order valence-corrected chi connectivity index (χ4v) is 2.02. The molecule has 0 aliphatic carbocycles. The fraction of sp³-hybridized carbons (Fsp3) is 0.800. The molecule has 6 heteroatoms. The SMILES string of the molecule is NCCc1nnc(N2CCC(CCO)C2)o1.